The van der Waals surface area contributed by atoms with Crippen molar-refractivity contribution < 1.29 is 14.5 Å². The molecule has 0 aliphatic rings. The number of thiazole rings is 1. The molecule has 0 saturated heterocycles. The van der Waals surface area contributed by atoms with Crippen LogP contribution in [-0.4, -0.2) is 37.9 Å². The lowest BCUT2D eigenvalue weighted by Crippen LogP contribution is -2.36. The Labute approximate surface area is 186 Å². The molecule has 0 unspecified atom stereocenters. The number of rotatable bonds is 6. The second-order valence-electron chi connectivity index (χ2n) is 6.99. The van der Waals surface area contributed by atoms with E-state index in [0.717, 1.165) is 21.8 Å². The van der Waals surface area contributed by atoms with Gasteiger partial charge in [0.2, 0.25) is 4.96 Å². The molecule has 162 valence electrons. The van der Waals surface area contributed by atoms with Gasteiger partial charge in [-0.05, 0) is 25.1 Å². The zero-order valence-corrected chi connectivity index (χ0v) is 17.8. The molecule has 0 fully saturated rings. The van der Waals surface area contributed by atoms with Crippen molar-refractivity contribution in [1.82, 2.24) is 19.9 Å². The monoisotopic (exact) mass is 450 g/mol. The van der Waals surface area contributed by atoms with Crippen molar-refractivity contribution in [3.05, 3.63) is 75.3 Å². The predicted molar refractivity (Wildman–Crippen MR) is 119 cm³/mol. The van der Waals surface area contributed by atoms with Gasteiger partial charge < -0.3 is 10.6 Å². The van der Waals surface area contributed by atoms with Gasteiger partial charge in [0.25, 0.3) is 5.69 Å². The maximum absolute atomic E-state index is 12.1. The topological polar surface area (TPSA) is 132 Å². The molecule has 2 amide bonds. The average molecular weight is 450 g/mol. The number of carbonyl (C=O) groups is 2. The minimum atomic E-state index is -0.850. The quantitative estimate of drug-likeness (QED) is 0.264. The lowest BCUT2D eigenvalue weighted by molar-refractivity contribution is -0.384. The number of amides is 2. The van der Waals surface area contributed by atoms with Crippen LogP contribution in [0.5, 0.6) is 0 Å². The second kappa shape index (κ2) is 8.94. The van der Waals surface area contributed by atoms with Gasteiger partial charge in [-0.15, -0.1) is 16.4 Å². The first-order valence-corrected chi connectivity index (χ1v) is 10.5. The molecule has 0 aliphatic heterocycles. The van der Waals surface area contributed by atoms with Gasteiger partial charge in [-0.3, -0.25) is 19.7 Å². The first-order valence-electron chi connectivity index (χ1n) is 9.64. The highest BCUT2D eigenvalue weighted by atomic mass is 32.1. The van der Waals surface area contributed by atoms with Crippen molar-refractivity contribution in [3.63, 3.8) is 0 Å². The maximum atomic E-state index is 12.1. The highest BCUT2D eigenvalue weighted by Gasteiger charge is 2.16. The van der Waals surface area contributed by atoms with E-state index in [9.17, 15) is 19.7 Å². The molecule has 0 radical (unpaired) electrons. The highest BCUT2D eigenvalue weighted by Crippen LogP contribution is 2.21. The zero-order chi connectivity index (χ0) is 22.7. The molecule has 4 aromatic rings. The number of hydrogen-bond donors (Lipinski definition) is 2. The molecule has 0 saturated carbocycles. The Bertz CT molecular complexity index is 1310. The van der Waals surface area contributed by atoms with Crippen LogP contribution in [-0.2, 0) is 16.0 Å². The third-order valence-electron chi connectivity index (χ3n) is 4.64. The number of aromatic nitrogens is 3. The molecule has 32 heavy (non-hydrogen) atoms. The standard InChI is InChI=1S/C21H18N6O4S/c1-13-3-2-4-14(11-13)18-24-21-26(25-18)17(12-32-21)9-10-22-19(28)20(29)23-15-5-7-16(8-6-15)27(30)31/h2-8,11-12H,9-10H2,1H3,(H,22,28)(H,23,29). The van der Waals surface area contributed by atoms with Gasteiger partial charge >= 0.3 is 11.8 Å². The van der Waals surface area contributed by atoms with Crippen LogP contribution in [0.25, 0.3) is 16.3 Å². The van der Waals surface area contributed by atoms with E-state index in [1.807, 2.05) is 36.6 Å². The molecule has 2 heterocycles. The number of nitro groups is 1. The number of benzene rings is 2. The summed E-state index contributed by atoms with van der Waals surface area (Å²) in [5, 5.41) is 22.1. The van der Waals surface area contributed by atoms with Gasteiger partial charge in [-0.2, -0.15) is 4.98 Å². The van der Waals surface area contributed by atoms with E-state index in [-0.39, 0.29) is 12.2 Å². The van der Waals surface area contributed by atoms with E-state index < -0.39 is 16.7 Å². The van der Waals surface area contributed by atoms with Crippen LogP contribution in [0.1, 0.15) is 11.3 Å². The van der Waals surface area contributed by atoms with Gasteiger partial charge in [0.05, 0.1) is 10.6 Å². The molecule has 0 spiro atoms. The van der Waals surface area contributed by atoms with Crippen molar-refractivity contribution in [2.45, 2.75) is 13.3 Å². The first kappa shape index (κ1) is 21.1. The molecule has 2 aromatic carbocycles. The van der Waals surface area contributed by atoms with Gasteiger partial charge in [0.1, 0.15) is 0 Å². The van der Waals surface area contributed by atoms with Crippen molar-refractivity contribution in [2.24, 2.45) is 0 Å². The Hall–Kier alpha value is -4.12. The Balaban J connectivity index is 1.34. The number of anilines is 1. The first-order chi connectivity index (χ1) is 15.4. The molecule has 0 aliphatic carbocycles. The van der Waals surface area contributed by atoms with Crippen molar-refractivity contribution in [2.75, 3.05) is 11.9 Å². The van der Waals surface area contributed by atoms with E-state index in [1.54, 1.807) is 4.52 Å². The summed E-state index contributed by atoms with van der Waals surface area (Å²) in [7, 11) is 0. The van der Waals surface area contributed by atoms with Crippen LogP contribution in [0.15, 0.2) is 53.9 Å². The van der Waals surface area contributed by atoms with Crippen LogP contribution in [0.2, 0.25) is 0 Å². The summed E-state index contributed by atoms with van der Waals surface area (Å²) in [6.45, 7) is 2.24. The SMILES string of the molecule is Cc1cccc(-c2nc3scc(CCNC(=O)C(=O)Nc4ccc([N+](=O)[O-])cc4)n3n2)c1. The Morgan fingerprint density at radius 2 is 1.94 bits per heavy atom. The Morgan fingerprint density at radius 3 is 2.66 bits per heavy atom. The van der Waals surface area contributed by atoms with Crippen molar-refractivity contribution >= 4 is 39.5 Å². The third-order valence-corrected chi connectivity index (χ3v) is 5.50. The zero-order valence-electron chi connectivity index (χ0n) is 16.9. The van der Waals surface area contributed by atoms with Gasteiger partial charge in [0.15, 0.2) is 5.82 Å². The predicted octanol–water partition coefficient (Wildman–Crippen LogP) is 2.97. The molecule has 0 bridgehead atoms. The fraction of sp³-hybridized carbons (Fsp3) is 0.143. The van der Waals surface area contributed by atoms with Gasteiger partial charge in [0, 0.05) is 41.7 Å². The molecular formula is C21H18N6O4S. The fourth-order valence-corrected chi connectivity index (χ4v) is 3.90. The molecule has 2 aromatic heterocycles. The molecule has 4 rings (SSSR count). The minimum absolute atomic E-state index is 0.104. The normalized spacial score (nSPS) is 10.8. The van der Waals surface area contributed by atoms with E-state index in [4.69, 9.17) is 0 Å². The third kappa shape index (κ3) is 4.62. The molecule has 0 atom stereocenters. The lowest BCUT2D eigenvalue weighted by atomic mass is 10.1. The van der Waals surface area contributed by atoms with Crippen LogP contribution >= 0.6 is 11.3 Å². The lowest BCUT2D eigenvalue weighted by Gasteiger charge is -2.06. The molecule has 11 heteroatoms. The number of nitrogens with one attached hydrogen (secondary N) is 2. The number of fused-ring (bicyclic) bond motifs is 1. The van der Waals surface area contributed by atoms with Crippen molar-refractivity contribution in [3.8, 4) is 11.4 Å². The summed E-state index contributed by atoms with van der Waals surface area (Å²) < 4.78 is 1.74. The smallest absolute Gasteiger partial charge is 0.313 e. The van der Waals surface area contributed by atoms with Crippen LogP contribution in [0, 0.1) is 17.0 Å². The summed E-state index contributed by atoms with van der Waals surface area (Å²) in [6.07, 6.45) is 0.465. The van der Waals surface area contributed by atoms with E-state index in [1.165, 1.54) is 35.6 Å². The Morgan fingerprint density at radius 1 is 1.16 bits per heavy atom. The number of aryl methyl sites for hydroxylation is 1. The summed E-state index contributed by atoms with van der Waals surface area (Å²) in [4.78, 5) is 39.5. The second-order valence-corrected chi connectivity index (χ2v) is 7.83. The van der Waals surface area contributed by atoms with E-state index in [2.05, 4.69) is 20.7 Å². The summed E-state index contributed by atoms with van der Waals surface area (Å²) in [5.41, 5.74) is 3.11. The maximum Gasteiger partial charge on any atom is 0.313 e. The number of hydrogen-bond acceptors (Lipinski definition) is 7. The minimum Gasteiger partial charge on any atom is -0.347 e. The van der Waals surface area contributed by atoms with E-state index in [0.29, 0.717) is 17.9 Å². The fourth-order valence-electron chi connectivity index (χ4n) is 3.04. The number of carbonyl (C=O) groups excluding carboxylic acids is 2. The molecule has 10 nitrogen and oxygen atoms in total. The number of nitrogens with zero attached hydrogens (tertiary/aromatic N) is 4. The Kier molecular flexibility index (Phi) is 5.90. The average Bonchev–Trinajstić information content (AvgIpc) is 3.36. The molecule has 2 N–H and O–H groups in total. The highest BCUT2D eigenvalue weighted by molar-refractivity contribution is 7.15. The summed E-state index contributed by atoms with van der Waals surface area (Å²) >= 11 is 1.45. The number of non-ortho nitro benzene ring substituents is 1. The van der Waals surface area contributed by atoms with Crippen LogP contribution in [0.3, 0.4) is 0 Å². The molecular weight excluding hydrogens is 432 g/mol. The number of nitro benzene ring substituents is 1. The van der Waals surface area contributed by atoms with Gasteiger partial charge in [-0.1, -0.05) is 23.8 Å². The summed E-state index contributed by atoms with van der Waals surface area (Å²) in [6, 6.07) is 13.2. The van der Waals surface area contributed by atoms with E-state index >= 15 is 0 Å². The van der Waals surface area contributed by atoms with Gasteiger partial charge in [-0.25, -0.2) is 4.52 Å². The van der Waals surface area contributed by atoms with Crippen LogP contribution in [0.4, 0.5) is 11.4 Å². The van der Waals surface area contributed by atoms with Crippen molar-refractivity contribution in [1.29, 1.82) is 0 Å². The van der Waals surface area contributed by atoms with Crippen LogP contribution < -0.4 is 10.6 Å². The summed E-state index contributed by atoms with van der Waals surface area (Å²) in [5.74, 6) is -1.01. The largest absolute Gasteiger partial charge is 0.347 e.